The number of nitrogens with zero attached hydrogens (tertiary/aromatic N) is 2. The molecule has 2 nitrogen and oxygen atoms in total. The molecule has 0 amide bonds. The van der Waals surface area contributed by atoms with Crippen molar-refractivity contribution in [1.29, 1.82) is 0 Å². The van der Waals surface area contributed by atoms with E-state index in [0.717, 1.165) is 0 Å². The summed E-state index contributed by atoms with van der Waals surface area (Å²) in [5.74, 6) is 0. The van der Waals surface area contributed by atoms with E-state index in [1.54, 1.807) is 0 Å². The Bertz CT molecular complexity index is 472. The first-order valence-electron chi connectivity index (χ1n) is 5.43. The SMILES string of the molecule is Cc1ccccc1-[n+]1ccc(N(C)C)cc1. The van der Waals surface area contributed by atoms with Gasteiger partial charge >= 0.3 is 0 Å². The van der Waals surface area contributed by atoms with Crippen molar-refractivity contribution < 1.29 is 4.57 Å². The van der Waals surface area contributed by atoms with E-state index in [9.17, 15) is 0 Å². The summed E-state index contributed by atoms with van der Waals surface area (Å²) in [6.07, 6.45) is 4.19. The molecule has 82 valence electrons. The first-order chi connectivity index (χ1) is 7.68. The molecular formula is C14H17N2+. The van der Waals surface area contributed by atoms with Gasteiger partial charge in [0.25, 0.3) is 0 Å². The fraction of sp³-hybridized carbons (Fsp3) is 0.214. The number of rotatable bonds is 2. The summed E-state index contributed by atoms with van der Waals surface area (Å²) in [7, 11) is 4.10. The number of aromatic nitrogens is 1. The Morgan fingerprint density at radius 2 is 1.56 bits per heavy atom. The van der Waals surface area contributed by atoms with E-state index >= 15 is 0 Å². The third-order valence-corrected chi connectivity index (χ3v) is 2.72. The highest BCUT2D eigenvalue weighted by molar-refractivity contribution is 5.42. The number of hydrogen-bond acceptors (Lipinski definition) is 1. The molecular weight excluding hydrogens is 196 g/mol. The zero-order valence-electron chi connectivity index (χ0n) is 10.0. The van der Waals surface area contributed by atoms with Crippen LogP contribution in [0.5, 0.6) is 0 Å². The van der Waals surface area contributed by atoms with E-state index in [1.165, 1.54) is 16.9 Å². The smallest absolute Gasteiger partial charge is 0.213 e. The van der Waals surface area contributed by atoms with Gasteiger partial charge in [0.05, 0.1) is 0 Å². The van der Waals surface area contributed by atoms with E-state index in [1.807, 2.05) is 14.1 Å². The van der Waals surface area contributed by atoms with Gasteiger partial charge in [-0.25, -0.2) is 0 Å². The maximum Gasteiger partial charge on any atom is 0.213 e. The summed E-state index contributed by atoms with van der Waals surface area (Å²) in [6.45, 7) is 2.13. The quantitative estimate of drug-likeness (QED) is 0.694. The number of pyridine rings is 1. The highest BCUT2D eigenvalue weighted by Crippen LogP contribution is 2.10. The van der Waals surface area contributed by atoms with Crippen LogP contribution >= 0.6 is 0 Å². The lowest BCUT2D eigenvalue weighted by Gasteiger charge is -2.10. The second-order valence-corrected chi connectivity index (χ2v) is 4.14. The predicted octanol–water partition coefficient (Wildman–Crippen LogP) is 2.34. The molecule has 0 radical (unpaired) electrons. The summed E-state index contributed by atoms with van der Waals surface area (Å²) in [5, 5.41) is 0. The lowest BCUT2D eigenvalue weighted by atomic mass is 10.2. The van der Waals surface area contributed by atoms with Crippen LogP contribution in [0.4, 0.5) is 5.69 Å². The molecule has 0 unspecified atom stereocenters. The minimum atomic E-state index is 1.21. The van der Waals surface area contributed by atoms with E-state index in [-0.39, 0.29) is 0 Å². The number of hydrogen-bond donors (Lipinski definition) is 0. The fourth-order valence-corrected chi connectivity index (χ4v) is 1.73. The first-order valence-corrected chi connectivity index (χ1v) is 5.43. The minimum Gasteiger partial charge on any atom is -0.377 e. The van der Waals surface area contributed by atoms with Crippen molar-refractivity contribution in [2.24, 2.45) is 0 Å². The molecule has 2 aromatic rings. The Hall–Kier alpha value is -1.83. The maximum absolute atomic E-state index is 2.14. The standard InChI is InChI=1S/C14H17N2/c1-12-6-4-5-7-14(12)16-10-8-13(9-11-16)15(2)3/h4-11H,1-3H3/q+1. The topological polar surface area (TPSA) is 7.12 Å². The fourth-order valence-electron chi connectivity index (χ4n) is 1.73. The first kappa shape index (κ1) is 10.7. The van der Waals surface area contributed by atoms with Gasteiger partial charge in [0, 0.05) is 43.5 Å². The Morgan fingerprint density at radius 3 is 2.12 bits per heavy atom. The molecule has 0 saturated heterocycles. The summed E-state index contributed by atoms with van der Waals surface area (Å²) < 4.78 is 2.14. The van der Waals surface area contributed by atoms with Crippen molar-refractivity contribution in [3.8, 4) is 5.69 Å². The number of para-hydroxylation sites is 1. The summed E-state index contributed by atoms with van der Waals surface area (Å²) >= 11 is 0. The van der Waals surface area contributed by atoms with E-state index < -0.39 is 0 Å². The largest absolute Gasteiger partial charge is 0.377 e. The second-order valence-electron chi connectivity index (χ2n) is 4.14. The molecule has 2 heteroatoms. The van der Waals surface area contributed by atoms with Crippen LogP contribution in [0.1, 0.15) is 5.56 Å². The van der Waals surface area contributed by atoms with Crippen LogP contribution in [0.15, 0.2) is 48.8 Å². The highest BCUT2D eigenvalue weighted by atomic mass is 15.1. The molecule has 0 bridgehead atoms. The van der Waals surface area contributed by atoms with Gasteiger partial charge < -0.3 is 4.90 Å². The maximum atomic E-state index is 2.14. The van der Waals surface area contributed by atoms with Crippen LogP contribution in [0.25, 0.3) is 5.69 Å². The predicted molar refractivity (Wildman–Crippen MR) is 67.0 cm³/mol. The van der Waals surface area contributed by atoms with Gasteiger partial charge in [-0.05, 0) is 6.92 Å². The summed E-state index contributed by atoms with van der Waals surface area (Å²) in [6, 6.07) is 12.6. The monoisotopic (exact) mass is 213 g/mol. The van der Waals surface area contributed by atoms with Crippen molar-refractivity contribution in [3.05, 3.63) is 54.4 Å². The highest BCUT2D eigenvalue weighted by Gasteiger charge is 2.08. The molecule has 0 saturated carbocycles. The van der Waals surface area contributed by atoms with Crippen LogP contribution in [-0.4, -0.2) is 14.1 Å². The average Bonchev–Trinajstić information content (AvgIpc) is 2.30. The normalized spacial score (nSPS) is 10.2. The van der Waals surface area contributed by atoms with Crippen LogP contribution in [0.2, 0.25) is 0 Å². The lowest BCUT2D eigenvalue weighted by Crippen LogP contribution is -2.30. The molecule has 0 N–H and O–H groups in total. The molecule has 0 atom stereocenters. The molecule has 16 heavy (non-hydrogen) atoms. The van der Waals surface area contributed by atoms with Crippen molar-refractivity contribution in [3.63, 3.8) is 0 Å². The van der Waals surface area contributed by atoms with Crippen LogP contribution in [0, 0.1) is 6.92 Å². The Kier molecular flexibility index (Phi) is 2.91. The Labute approximate surface area is 96.8 Å². The van der Waals surface area contributed by atoms with E-state index in [2.05, 4.69) is 65.2 Å². The van der Waals surface area contributed by atoms with E-state index in [4.69, 9.17) is 0 Å². The third-order valence-electron chi connectivity index (χ3n) is 2.72. The minimum absolute atomic E-state index is 1.21. The van der Waals surface area contributed by atoms with Gasteiger partial charge in [-0.3, -0.25) is 0 Å². The third kappa shape index (κ3) is 2.06. The van der Waals surface area contributed by atoms with Gasteiger partial charge in [0.1, 0.15) is 0 Å². The summed E-state index contributed by atoms with van der Waals surface area (Å²) in [5.41, 5.74) is 3.72. The Morgan fingerprint density at radius 1 is 0.938 bits per heavy atom. The van der Waals surface area contributed by atoms with Gasteiger partial charge in [0.15, 0.2) is 12.4 Å². The van der Waals surface area contributed by atoms with Gasteiger partial charge in [0.2, 0.25) is 5.69 Å². The zero-order valence-corrected chi connectivity index (χ0v) is 10.0. The second kappa shape index (κ2) is 4.35. The van der Waals surface area contributed by atoms with E-state index in [0.29, 0.717) is 0 Å². The summed E-state index contributed by atoms with van der Waals surface area (Å²) in [4.78, 5) is 2.10. The van der Waals surface area contributed by atoms with Crippen LogP contribution in [0.3, 0.4) is 0 Å². The molecule has 1 aromatic carbocycles. The molecule has 0 aliphatic rings. The van der Waals surface area contributed by atoms with Crippen molar-refractivity contribution >= 4 is 5.69 Å². The molecule has 2 rings (SSSR count). The lowest BCUT2D eigenvalue weighted by molar-refractivity contribution is -0.596. The van der Waals surface area contributed by atoms with Crippen molar-refractivity contribution in [2.45, 2.75) is 6.92 Å². The van der Waals surface area contributed by atoms with Crippen LogP contribution in [-0.2, 0) is 0 Å². The average molecular weight is 213 g/mol. The molecule has 1 heterocycles. The van der Waals surface area contributed by atoms with Gasteiger partial charge in [-0.2, -0.15) is 4.57 Å². The number of anilines is 1. The zero-order chi connectivity index (χ0) is 11.5. The van der Waals surface area contributed by atoms with Crippen molar-refractivity contribution in [2.75, 3.05) is 19.0 Å². The molecule has 0 fully saturated rings. The molecule has 0 aliphatic heterocycles. The molecule has 0 aliphatic carbocycles. The van der Waals surface area contributed by atoms with Crippen molar-refractivity contribution in [1.82, 2.24) is 0 Å². The van der Waals surface area contributed by atoms with Gasteiger partial charge in [-0.15, -0.1) is 0 Å². The number of benzene rings is 1. The molecule has 1 aromatic heterocycles. The Balaban J connectivity index is 2.39. The molecule has 0 spiro atoms. The van der Waals surface area contributed by atoms with Crippen LogP contribution < -0.4 is 9.47 Å². The van der Waals surface area contributed by atoms with Gasteiger partial charge in [-0.1, -0.05) is 18.2 Å². The number of aryl methyl sites for hydroxylation is 1.